The zero-order valence-electron chi connectivity index (χ0n) is 17.4. The number of carbonyl (C=O) groups excluding carboxylic acids is 1. The van der Waals surface area contributed by atoms with E-state index in [0.717, 1.165) is 3.97 Å². The molecule has 4 rings (SSSR count). The second-order valence-electron chi connectivity index (χ2n) is 6.83. The van der Waals surface area contributed by atoms with Gasteiger partial charge in [-0.15, -0.1) is 0 Å². The minimum Gasteiger partial charge on any atom is -0.493 e. The highest BCUT2D eigenvalue weighted by Gasteiger charge is 2.26. The average Bonchev–Trinajstić information content (AvgIpc) is 3.30. The monoisotopic (exact) mass is 448 g/mol. The Morgan fingerprint density at radius 2 is 1.47 bits per heavy atom. The lowest BCUT2D eigenvalue weighted by atomic mass is 10.1. The van der Waals surface area contributed by atoms with Crippen LogP contribution >= 0.6 is 0 Å². The van der Waals surface area contributed by atoms with Gasteiger partial charge in [0.2, 0.25) is 5.78 Å². The maximum atomic E-state index is 13.4. The van der Waals surface area contributed by atoms with Crippen molar-refractivity contribution in [2.75, 3.05) is 14.2 Å². The first kappa shape index (κ1) is 21.3. The molecule has 0 unspecified atom stereocenters. The van der Waals surface area contributed by atoms with E-state index in [2.05, 4.69) is 4.98 Å². The van der Waals surface area contributed by atoms with Crippen molar-refractivity contribution < 1.29 is 22.7 Å². The first-order chi connectivity index (χ1) is 15.5. The third-order valence-corrected chi connectivity index (χ3v) is 6.55. The Morgan fingerprint density at radius 1 is 0.844 bits per heavy atom. The zero-order chi connectivity index (χ0) is 22.7. The molecule has 0 saturated heterocycles. The Labute approximate surface area is 185 Å². The molecule has 0 spiro atoms. The summed E-state index contributed by atoms with van der Waals surface area (Å²) in [4.78, 5) is 17.7. The van der Waals surface area contributed by atoms with Crippen molar-refractivity contribution in [2.24, 2.45) is 0 Å². The van der Waals surface area contributed by atoms with Crippen molar-refractivity contribution in [3.8, 4) is 22.9 Å². The highest BCUT2D eigenvalue weighted by molar-refractivity contribution is 7.90. The van der Waals surface area contributed by atoms with E-state index in [0.29, 0.717) is 22.6 Å². The standard InChI is InChI=1S/C24H20N2O5S/c1-30-21-14-13-18(15-22(21)31-2)23(27)20-16-26(24(25-20)17-9-5-3-6-10-17)32(28,29)19-11-7-4-8-12-19/h3-16H,1-2H3. The van der Waals surface area contributed by atoms with Crippen LogP contribution in [-0.4, -0.2) is 37.4 Å². The number of imidazole rings is 1. The molecule has 3 aromatic carbocycles. The van der Waals surface area contributed by atoms with Gasteiger partial charge >= 0.3 is 0 Å². The Balaban J connectivity index is 1.86. The summed E-state index contributed by atoms with van der Waals surface area (Å²) in [6, 6.07) is 21.6. The van der Waals surface area contributed by atoms with Crippen LogP contribution in [0, 0.1) is 0 Å². The van der Waals surface area contributed by atoms with Gasteiger partial charge in [0.15, 0.2) is 17.3 Å². The van der Waals surface area contributed by atoms with Crippen LogP contribution in [0.2, 0.25) is 0 Å². The van der Waals surface area contributed by atoms with Crippen LogP contribution in [0.15, 0.2) is 90.0 Å². The van der Waals surface area contributed by atoms with Crippen LogP contribution in [0.25, 0.3) is 11.4 Å². The minimum atomic E-state index is -3.98. The topological polar surface area (TPSA) is 87.5 Å². The number of aromatic nitrogens is 2. The summed E-state index contributed by atoms with van der Waals surface area (Å²) in [6.45, 7) is 0. The van der Waals surface area contributed by atoms with Crippen molar-refractivity contribution in [3.05, 3.63) is 96.3 Å². The van der Waals surface area contributed by atoms with Crippen LogP contribution in [0.5, 0.6) is 11.5 Å². The lowest BCUT2D eigenvalue weighted by Gasteiger charge is -2.09. The second-order valence-corrected chi connectivity index (χ2v) is 8.64. The highest BCUT2D eigenvalue weighted by atomic mass is 32.2. The molecule has 0 aliphatic rings. The van der Waals surface area contributed by atoms with Crippen LogP contribution in [0.4, 0.5) is 0 Å². The lowest BCUT2D eigenvalue weighted by molar-refractivity contribution is 0.103. The summed E-state index contributed by atoms with van der Waals surface area (Å²) in [7, 11) is -1.00. The maximum absolute atomic E-state index is 13.4. The first-order valence-electron chi connectivity index (χ1n) is 9.68. The number of benzene rings is 3. The molecule has 7 nitrogen and oxygen atoms in total. The van der Waals surface area contributed by atoms with Gasteiger partial charge in [0, 0.05) is 11.1 Å². The average molecular weight is 449 g/mol. The minimum absolute atomic E-state index is 0.00409. The molecule has 0 N–H and O–H groups in total. The molecule has 0 aliphatic carbocycles. The van der Waals surface area contributed by atoms with Gasteiger partial charge in [0.1, 0.15) is 5.69 Å². The predicted octanol–water partition coefficient (Wildman–Crippen LogP) is 4.04. The second kappa shape index (κ2) is 8.68. The van der Waals surface area contributed by atoms with E-state index in [1.54, 1.807) is 54.6 Å². The summed E-state index contributed by atoms with van der Waals surface area (Å²) in [5.74, 6) is 0.576. The number of ketones is 1. The molecule has 0 atom stereocenters. The van der Waals surface area contributed by atoms with Crippen LogP contribution in [0.3, 0.4) is 0 Å². The molecule has 162 valence electrons. The summed E-state index contributed by atoms with van der Waals surface area (Å²) < 4.78 is 38.3. The number of nitrogens with zero attached hydrogens (tertiary/aromatic N) is 2. The van der Waals surface area contributed by atoms with Gasteiger partial charge in [0.25, 0.3) is 10.0 Å². The maximum Gasteiger partial charge on any atom is 0.269 e. The fourth-order valence-electron chi connectivity index (χ4n) is 3.27. The summed E-state index contributed by atoms with van der Waals surface area (Å²) in [5.41, 5.74) is 0.859. The molecule has 0 aliphatic heterocycles. The Kier molecular flexibility index (Phi) is 5.79. The Hall–Kier alpha value is -3.91. The molecule has 8 heteroatoms. The third kappa shape index (κ3) is 3.88. The predicted molar refractivity (Wildman–Crippen MR) is 120 cm³/mol. The number of methoxy groups -OCH3 is 2. The van der Waals surface area contributed by atoms with Crippen molar-refractivity contribution in [1.82, 2.24) is 8.96 Å². The van der Waals surface area contributed by atoms with E-state index in [1.165, 1.54) is 38.6 Å². The van der Waals surface area contributed by atoms with Crippen LogP contribution < -0.4 is 9.47 Å². The van der Waals surface area contributed by atoms with E-state index in [1.807, 2.05) is 6.07 Å². The molecular formula is C24H20N2O5S. The Morgan fingerprint density at radius 3 is 2.09 bits per heavy atom. The summed E-state index contributed by atoms with van der Waals surface area (Å²) in [5, 5.41) is 0. The summed E-state index contributed by atoms with van der Waals surface area (Å²) in [6.07, 6.45) is 1.25. The van der Waals surface area contributed by atoms with Gasteiger partial charge in [-0.05, 0) is 30.3 Å². The van der Waals surface area contributed by atoms with Gasteiger partial charge in [0.05, 0.1) is 25.3 Å². The quantitative estimate of drug-likeness (QED) is 0.397. The molecule has 1 aromatic heterocycles. The van der Waals surface area contributed by atoms with Gasteiger partial charge in [-0.2, -0.15) is 0 Å². The van der Waals surface area contributed by atoms with Crippen molar-refractivity contribution in [1.29, 1.82) is 0 Å². The number of rotatable bonds is 7. The van der Waals surface area contributed by atoms with Crippen LogP contribution in [-0.2, 0) is 10.0 Å². The fourth-order valence-corrected chi connectivity index (χ4v) is 4.61. The highest BCUT2D eigenvalue weighted by Crippen LogP contribution is 2.30. The molecule has 4 aromatic rings. The van der Waals surface area contributed by atoms with Crippen molar-refractivity contribution in [3.63, 3.8) is 0 Å². The van der Waals surface area contributed by atoms with Gasteiger partial charge in [-0.25, -0.2) is 17.4 Å². The molecule has 0 fully saturated rings. The van der Waals surface area contributed by atoms with Crippen molar-refractivity contribution >= 4 is 15.8 Å². The summed E-state index contributed by atoms with van der Waals surface area (Å²) >= 11 is 0. The van der Waals surface area contributed by atoms with Gasteiger partial charge < -0.3 is 9.47 Å². The fraction of sp³-hybridized carbons (Fsp3) is 0.0833. The number of carbonyl (C=O) groups is 1. The first-order valence-corrected chi connectivity index (χ1v) is 11.1. The normalized spacial score (nSPS) is 11.2. The molecule has 0 amide bonds. The van der Waals surface area contributed by atoms with E-state index < -0.39 is 15.8 Å². The number of hydrogen-bond acceptors (Lipinski definition) is 6. The lowest BCUT2D eigenvalue weighted by Crippen LogP contribution is -2.13. The van der Waals surface area contributed by atoms with Gasteiger partial charge in [-0.1, -0.05) is 48.5 Å². The van der Waals surface area contributed by atoms with Gasteiger partial charge in [-0.3, -0.25) is 4.79 Å². The molecule has 32 heavy (non-hydrogen) atoms. The smallest absolute Gasteiger partial charge is 0.269 e. The molecule has 0 radical (unpaired) electrons. The van der Waals surface area contributed by atoms with E-state index in [4.69, 9.17) is 9.47 Å². The number of hydrogen-bond donors (Lipinski definition) is 0. The zero-order valence-corrected chi connectivity index (χ0v) is 18.2. The van der Waals surface area contributed by atoms with E-state index >= 15 is 0 Å². The largest absolute Gasteiger partial charge is 0.493 e. The van der Waals surface area contributed by atoms with Crippen LogP contribution in [0.1, 0.15) is 16.1 Å². The Bertz CT molecular complexity index is 1360. The van der Waals surface area contributed by atoms with Crippen molar-refractivity contribution in [2.45, 2.75) is 4.90 Å². The molecule has 0 saturated carbocycles. The van der Waals surface area contributed by atoms with E-state index in [9.17, 15) is 13.2 Å². The number of ether oxygens (including phenoxy) is 2. The van der Waals surface area contributed by atoms with E-state index in [-0.39, 0.29) is 16.4 Å². The molecule has 1 heterocycles. The molecular weight excluding hydrogens is 428 g/mol. The third-order valence-electron chi connectivity index (χ3n) is 4.89. The SMILES string of the molecule is COc1ccc(C(=O)c2cn(S(=O)(=O)c3ccccc3)c(-c3ccccc3)n2)cc1OC. The molecule has 0 bridgehead atoms.